The Morgan fingerprint density at radius 3 is 2.48 bits per heavy atom. The molecule has 1 rings (SSSR count). The van der Waals surface area contributed by atoms with Crippen molar-refractivity contribution >= 4 is 15.9 Å². The predicted molar refractivity (Wildman–Crippen MR) is 90.0 cm³/mol. The van der Waals surface area contributed by atoms with Gasteiger partial charge in [0.1, 0.15) is 0 Å². The van der Waals surface area contributed by atoms with Crippen LogP contribution in [0.1, 0.15) is 36.7 Å². The van der Waals surface area contributed by atoms with Crippen molar-refractivity contribution in [3.8, 4) is 0 Å². The Balaban J connectivity index is 3.02. The lowest BCUT2D eigenvalue weighted by atomic mass is 10.1. The second kappa shape index (κ2) is 8.42. The van der Waals surface area contributed by atoms with Crippen molar-refractivity contribution < 1.29 is 17.9 Å². The van der Waals surface area contributed by atoms with E-state index in [1.54, 1.807) is 19.9 Å². The molecule has 0 aromatic heterocycles. The Kier molecular flexibility index (Phi) is 7.18. The lowest BCUT2D eigenvalue weighted by Crippen LogP contribution is -2.35. The fourth-order valence-corrected chi connectivity index (χ4v) is 3.28. The molecule has 0 radical (unpaired) electrons. The van der Waals surface area contributed by atoms with Gasteiger partial charge in [-0.15, -0.1) is 0 Å². The van der Waals surface area contributed by atoms with Gasteiger partial charge in [-0.3, -0.25) is 4.79 Å². The quantitative estimate of drug-likeness (QED) is 0.753. The number of nitrogens with one attached hydrogen (secondary N) is 2. The van der Waals surface area contributed by atoms with Crippen LogP contribution < -0.4 is 10.0 Å². The van der Waals surface area contributed by atoms with Crippen LogP contribution in [0.3, 0.4) is 0 Å². The first-order valence-corrected chi connectivity index (χ1v) is 9.05. The van der Waals surface area contributed by atoms with Gasteiger partial charge in [0.2, 0.25) is 10.0 Å². The summed E-state index contributed by atoms with van der Waals surface area (Å²) in [6, 6.07) is 4.19. The number of benzene rings is 1. The molecule has 0 saturated carbocycles. The number of ether oxygens (including phenoxy) is 1. The number of hydrogen-bond acceptors (Lipinski definition) is 4. The average Bonchev–Trinajstić information content (AvgIpc) is 2.44. The molecule has 0 aliphatic carbocycles. The number of methoxy groups -OCH3 is 1. The minimum atomic E-state index is -3.70. The standard InChI is InChI=1S/C16H26N2O4S/c1-11(2)9-17-16(19)15-8-14(7-6-12(15)3)23(20,21)18-13(4)10-22-5/h6-8,11,13,18H,9-10H2,1-5H3,(H,17,19)/t13-/m0/s1. The molecule has 1 amide bonds. The Bertz CT molecular complexity index is 641. The molecule has 1 aromatic rings. The number of carbonyl (C=O) groups is 1. The van der Waals surface area contributed by atoms with Gasteiger partial charge in [-0.05, 0) is 37.5 Å². The van der Waals surface area contributed by atoms with Crippen LogP contribution in [0.15, 0.2) is 23.1 Å². The molecule has 0 aliphatic heterocycles. The topological polar surface area (TPSA) is 84.5 Å². The second-order valence-electron chi connectivity index (χ2n) is 6.06. The first-order chi connectivity index (χ1) is 10.7. The van der Waals surface area contributed by atoms with E-state index in [9.17, 15) is 13.2 Å². The highest BCUT2D eigenvalue weighted by atomic mass is 32.2. The van der Waals surface area contributed by atoms with Crippen molar-refractivity contribution in [3.63, 3.8) is 0 Å². The van der Waals surface area contributed by atoms with E-state index in [1.165, 1.54) is 19.2 Å². The van der Waals surface area contributed by atoms with Crippen molar-refractivity contribution in [2.75, 3.05) is 20.3 Å². The number of amides is 1. The second-order valence-corrected chi connectivity index (χ2v) is 7.77. The fourth-order valence-electron chi connectivity index (χ4n) is 2.02. The molecule has 1 atom stereocenters. The third kappa shape index (κ3) is 5.93. The van der Waals surface area contributed by atoms with Gasteiger partial charge in [0.25, 0.3) is 5.91 Å². The third-order valence-corrected chi connectivity index (χ3v) is 4.80. The molecule has 2 N–H and O–H groups in total. The highest BCUT2D eigenvalue weighted by Crippen LogP contribution is 2.16. The van der Waals surface area contributed by atoms with Crippen LogP contribution in [0.25, 0.3) is 0 Å². The molecule has 1 aromatic carbocycles. The Hall–Kier alpha value is -1.44. The molecule has 0 heterocycles. The number of carbonyl (C=O) groups excluding carboxylic acids is 1. The number of hydrogen-bond donors (Lipinski definition) is 2. The highest BCUT2D eigenvalue weighted by Gasteiger charge is 2.20. The lowest BCUT2D eigenvalue weighted by Gasteiger charge is -2.15. The monoisotopic (exact) mass is 342 g/mol. The molecule has 0 saturated heterocycles. The van der Waals surface area contributed by atoms with Crippen molar-refractivity contribution in [2.24, 2.45) is 5.92 Å². The normalized spacial score (nSPS) is 13.1. The lowest BCUT2D eigenvalue weighted by molar-refractivity contribution is 0.0948. The van der Waals surface area contributed by atoms with Crippen LogP contribution in [0.2, 0.25) is 0 Å². The van der Waals surface area contributed by atoms with Gasteiger partial charge in [0.15, 0.2) is 0 Å². The molecule has 6 nitrogen and oxygen atoms in total. The fraction of sp³-hybridized carbons (Fsp3) is 0.562. The molecule has 0 bridgehead atoms. The average molecular weight is 342 g/mol. The molecule has 0 unspecified atom stereocenters. The van der Waals surface area contributed by atoms with Gasteiger partial charge < -0.3 is 10.1 Å². The maximum absolute atomic E-state index is 12.4. The van der Waals surface area contributed by atoms with Crippen molar-refractivity contribution in [2.45, 2.75) is 38.6 Å². The molecule has 0 aliphatic rings. The van der Waals surface area contributed by atoms with E-state index in [1.807, 2.05) is 13.8 Å². The van der Waals surface area contributed by atoms with E-state index in [0.717, 1.165) is 5.56 Å². The van der Waals surface area contributed by atoms with Crippen molar-refractivity contribution in [1.29, 1.82) is 0 Å². The Morgan fingerprint density at radius 2 is 1.91 bits per heavy atom. The summed E-state index contributed by atoms with van der Waals surface area (Å²) in [4.78, 5) is 12.3. The van der Waals surface area contributed by atoms with Crippen LogP contribution in [0, 0.1) is 12.8 Å². The summed E-state index contributed by atoms with van der Waals surface area (Å²) in [5.74, 6) is 0.0564. The zero-order chi connectivity index (χ0) is 17.6. The third-order valence-electron chi connectivity index (χ3n) is 3.21. The number of sulfonamides is 1. The van der Waals surface area contributed by atoms with Gasteiger partial charge in [0, 0.05) is 25.3 Å². The Morgan fingerprint density at radius 1 is 1.26 bits per heavy atom. The van der Waals surface area contributed by atoms with Gasteiger partial charge in [-0.2, -0.15) is 0 Å². The highest BCUT2D eigenvalue weighted by molar-refractivity contribution is 7.89. The minimum Gasteiger partial charge on any atom is -0.383 e. The smallest absolute Gasteiger partial charge is 0.251 e. The molecule has 130 valence electrons. The van der Waals surface area contributed by atoms with Crippen LogP contribution in [0.4, 0.5) is 0 Å². The first-order valence-electron chi connectivity index (χ1n) is 7.57. The van der Waals surface area contributed by atoms with Crippen LogP contribution in [0.5, 0.6) is 0 Å². The van der Waals surface area contributed by atoms with E-state index >= 15 is 0 Å². The van der Waals surface area contributed by atoms with Gasteiger partial charge >= 0.3 is 0 Å². The summed E-state index contributed by atoms with van der Waals surface area (Å²) in [7, 11) is -2.19. The van der Waals surface area contributed by atoms with Gasteiger partial charge in [0.05, 0.1) is 11.5 Å². The largest absolute Gasteiger partial charge is 0.383 e. The maximum Gasteiger partial charge on any atom is 0.251 e. The summed E-state index contributed by atoms with van der Waals surface area (Å²) in [5, 5.41) is 2.80. The zero-order valence-electron chi connectivity index (χ0n) is 14.3. The first kappa shape index (κ1) is 19.6. The molecule has 0 fully saturated rings. The maximum atomic E-state index is 12.4. The molecule has 23 heavy (non-hydrogen) atoms. The Labute approximate surface area is 138 Å². The zero-order valence-corrected chi connectivity index (χ0v) is 15.2. The van der Waals surface area contributed by atoms with E-state index in [4.69, 9.17) is 4.74 Å². The van der Waals surface area contributed by atoms with Gasteiger partial charge in [-0.25, -0.2) is 13.1 Å². The summed E-state index contributed by atoms with van der Waals surface area (Å²) < 4.78 is 32.2. The van der Waals surface area contributed by atoms with Crippen LogP contribution in [-0.4, -0.2) is 40.6 Å². The molecule has 0 spiro atoms. The van der Waals surface area contributed by atoms with Crippen molar-refractivity contribution in [3.05, 3.63) is 29.3 Å². The summed E-state index contributed by atoms with van der Waals surface area (Å²) in [5.41, 5.74) is 1.10. The summed E-state index contributed by atoms with van der Waals surface area (Å²) in [6.07, 6.45) is 0. The predicted octanol–water partition coefficient (Wildman–Crippen LogP) is 1.69. The van der Waals surface area contributed by atoms with Crippen LogP contribution >= 0.6 is 0 Å². The summed E-state index contributed by atoms with van der Waals surface area (Å²) >= 11 is 0. The number of rotatable bonds is 8. The molecular weight excluding hydrogens is 316 g/mol. The van der Waals surface area contributed by atoms with E-state index in [2.05, 4.69) is 10.0 Å². The van der Waals surface area contributed by atoms with E-state index in [-0.39, 0.29) is 23.5 Å². The van der Waals surface area contributed by atoms with Gasteiger partial charge in [-0.1, -0.05) is 19.9 Å². The number of aryl methyl sites for hydroxylation is 1. The molecule has 7 heteroatoms. The molecular formula is C16H26N2O4S. The SMILES string of the molecule is COC[C@H](C)NS(=O)(=O)c1ccc(C)c(C(=O)NCC(C)C)c1. The van der Waals surface area contributed by atoms with Crippen molar-refractivity contribution in [1.82, 2.24) is 10.0 Å². The van der Waals surface area contributed by atoms with Crippen LogP contribution in [-0.2, 0) is 14.8 Å². The van der Waals surface area contributed by atoms with E-state index < -0.39 is 10.0 Å². The van der Waals surface area contributed by atoms with E-state index in [0.29, 0.717) is 18.0 Å². The summed E-state index contributed by atoms with van der Waals surface area (Å²) in [6.45, 7) is 8.29. The minimum absolute atomic E-state index is 0.0701.